The number of amides is 2. The van der Waals surface area contributed by atoms with Crippen LogP contribution >= 0.6 is 0 Å². The van der Waals surface area contributed by atoms with Crippen LogP contribution in [0.25, 0.3) is 0 Å². The van der Waals surface area contributed by atoms with Crippen LogP contribution in [0.1, 0.15) is 57.4 Å². The minimum Gasteiger partial charge on any atom is -0.487 e. The highest BCUT2D eigenvalue weighted by Gasteiger charge is 2.36. The van der Waals surface area contributed by atoms with Crippen molar-refractivity contribution < 1.29 is 19.1 Å². The topological polar surface area (TPSA) is 91.9 Å². The first-order chi connectivity index (χ1) is 12.2. The fourth-order valence-corrected chi connectivity index (χ4v) is 2.54. The lowest BCUT2D eigenvalue weighted by Crippen LogP contribution is -2.47. The fourth-order valence-electron chi connectivity index (χ4n) is 2.54. The highest BCUT2D eigenvalue weighted by molar-refractivity contribution is 5.95. The van der Waals surface area contributed by atoms with Gasteiger partial charge in [0.25, 0.3) is 5.91 Å². The molecule has 1 aromatic heterocycles. The first-order valence-corrected chi connectivity index (χ1v) is 8.91. The van der Waals surface area contributed by atoms with Crippen LogP contribution in [-0.4, -0.2) is 52.3 Å². The average molecular weight is 365 g/mol. The van der Waals surface area contributed by atoms with Crippen LogP contribution in [0.3, 0.4) is 0 Å². The molecule has 0 spiro atoms. The first kappa shape index (κ1) is 19.8. The number of aromatic nitrogens is 1. The van der Waals surface area contributed by atoms with Gasteiger partial charge in [-0.15, -0.1) is 0 Å². The van der Waals surface area contributed by atoms with Crippen LogP contribution < -0.4 is 10.2 Å². The lowest BCUT2D eigenvalue weighted by Gasteiger charge is -2.30. The molecule has 0 unspecified atom stereocenters. The normalized spacial score (nSPS) is 14.5. The Morgan fingerprint density at radius 1 is 1.23 bits per heavy atom. The van der Waals surface area contributed by atoms with Crippen LogP contribution in [0.4, 0.5) is 4.79 Å². The van der Waals surface area contributed by atoms with Crippen LogP contribution in [-0.2, 0) is 4.74 Å². The van der Waals surface area contributed by atoms with E-state index in [1.54, 1.807) is 20.8 Å². The van der Waals surface area contributed by atoms with Crippen molar-refractivity contribution in [2.45, 2.75) is 52.6 Å². The molecule has 1 aliphatic rings. The molecule has 8 heteroatoms. The highest BCUT2D eigenvalue weighted by atomic mass is 16.6. The number of H-pyrrole nitrogens is 1. The number of carbonyl (C=O) groups excluding carboxylic acids is 2. The third-order valence-electron chi connectivity index (χ3n) is 3.74. The minimum absolute atomic E-state index is 0.0120. The molecule has 1 fully saturated rings. The number of pyridine rings is 1. The summed E-state index contributed by atoms with van der Waals surface area (Å²) >= 11 is 0. The second-order valence-electron chi connectivity index (χ2n) is 7.13. The Labute approximate surface area is 153 Å². The molecule has 1 aromatic rings. The van der Waals surface area contributed by atoms with Gasteiger partial charge in [-0.1, -0.05) is 13.3 Å². The van der Waals surface area contributed by atoms with E-state index in [0.29, 0.717) is 26.1 Å². The van der Waals surface area contributed by atoms with Crippen molar-refractivity contribution in [1.82, 2.24) is 15.0 Å². The number of aromatic amines is 1. The van der Waals surface area contributed by atoms with Crippen molar-refractivity contribution in [1.29, 1.82) is 0 Å². The SMILES string of the molecule is CCCCOc1c(C(=O)N2CCCN2C(=O)OC(C)(C)C)[nH]ccc1=O. The van der Waals surface area contributed by atoms with Gasteiger partial charge in [-0.3, -0.25) is 9.59 Å². The van der Waals surface area contributed by atoms with E-state index in [1.807, 2.05) is 6.92 Å². The zero-order valence-electron chi connectivity index (χ0n) is 15.8. The third kappa shape index (κ3) is 4.77. The quantitative estimate of drug-likeness (QED) is 0.810. The molecule has 2 heterocycles. The molecule has 8 nitrogen and oxygen atoms in total. The molecule has 1 N–H and O–H groups in total. The van der Waals surface area contributed by atoms with Gasteiger partial charge in [-0.2, -0.15) is 0 Å². The lowest BCUT2D eigenvalue weighted by atomic mass is 10.2. The molecule has 0 aliphatic carbocycles. The second-order valence-corrected chi connectivity index (χ2v) is 7.13. The predicted octanol–water partition coefficient (Wildman–Crippen LogP) is 2.55. The van der Waals surface area contributed by atoms with E-state index >= 15 is 0 Å². The number of nitrogens with one attached hydrogen (secondary N) is 1. The zero-order valence-corrected chi connectivity index (χ0v) is 15.8. The summed E-state index contributed by atoms with van der Waals surface area (Å²) in [6.07, 6.45) is 3.13. The smallest absolute Gasteiger partial charge is 0.429 e. The van der Waals surface area contributed by atoms with E-state index in [0.717, 1.165) is 12.8 Å². The molecule has 1 aliphatic heterocycles. The van der Waals surface area contributed by atoms with E-state index in [-0.39, 0.29) is 16.9 Å². The number of carbonyl (C=O) groups is 2. The zero-order chi connectivity index (χ0) is 19.3. The number of rotatable bonds is 5. The van der Waals surface area contributed by atoms with Crippen molar-refractivity contribution in [3.8, 4) is 5.75 Å². The summed E-state index contributed by atoms with van der Waals surface area (Å²) in [6, 6.07) is 1.31. The van der Waals surface area contributed by atoms with Crippen LogP contribution in [0.15, 0.2) is 17.1 Å². The van der Waals surface area contributed by atoms with E-state index < -0.39 is 17.6 Å². The molecule has 26 heavy (non-hydrogen) atoms. The monoisotopic (exact) mass is 365 g/mol. The number of hydrogen-bond donors (Lipinski definition) is 1. The molecule has 0 aromatic carbocycles. The van der Waals surface area contributed by atoms with Crippen molar-refractivity contribution in [3.63, 3.8) is 0 Å². The number of nitrogens with zero attached hydrogens (tertiary/aromatic N) is 2. The molecular weight excluding hydrogens is 338 g/mol. The molecule has 2 rings (SSSR count). The van der Waals surface area contributed by atoms with E-state index in [2.05, 4.69) is 4.98 Å². The van der Waals surface area contributed by atoms with Crippen molar-refractivity contribution in [3.05, 3.63) is 28.2 Å². The standard InChI is InChI=1S/C18H27N3O5/c1-5-6-12-25-15-13(22)8-9-19-14(15)16(23)20-10-7-11-21(20)17(24)26-18(2,3)4/h8-9H,5-7,10-12H2,1-4H3,(H,19,22). The summed E-state index contributed by atoms with van der Waals surface area (Å²) in [5.74, 6) is -0.500. The van der Waals surface area contributed by atoms with Gasteiger partial charge in [-0.05, 0) is 33.6 Å². The van der Waals surface area contributed by atoms with Gasteiger partial charge < -0.3 is 14.5 Å². The average Bonchev–Trinajstić information content (AvgIpc) is 3.04. The third-order valence-corrected chi connectivity index (χ3v) is 3.74. The van der Waals surface area contributed by atoms with Crippen molar-refractivity contribution in [2.75, 3.05) is 19.7 Å². The van der Waals surface area contributed by atoms with Crippen molar-refractivity contribution in [2.24, 2.45) is 0 Å². The van der Waals surface area contributed by atoms with Gasteiger partial charge in [0, 0.05) is 25.4 Å². The summed E-state index contributed by atoms with van der Waals surface area (Å²) in [5.41, 5.74) is -0.987. The Hall–Kier alpha value is -2.51. The molecule has 0 atom stereocenters. The van der Waals surface area contributed by atoms with E-state index in [4.69, 9.17) is 9.47 Å². The van der Waals surface area contributed by atoms with Crippen LogP contribution in [0, 0.1) is 0 Å². The minimum atomic E-state index is -0.663. The predicted molar refractivity (Wildman–Crippen MR) is 96.1 cm³/mol. The summed E-state index contributed by atoms with van der Waals surface area (Å²) in [5, 5.41) is 2.57. The number of ether oxygens (including phenoxy) is 2. The number of unbranched alkanes of at least 4 members (excludes halogenated alkanes) is 1. The Balaban J connectivity index is 2.23. The molecule has 1 saturated heterocycles. The highest BCUT2D eigenvalue weighted by Crippen LogP contribution is 2.21. The summed E-state index contributed by atoms with van der Waals surface area (Å²) in [6.45, 7) is 8.39. The van der Waals surface area contributed by atoms with Crippen LogP contribution in [0.5, 0.6) is 5.75 Å². The fraction of sp³-hybridized carbons (Fsp3) is 0.611. The Morgan fingerprint density at radius 2 is 1.92 bits per heavy atom. The molecule has 2 amide bonds. The largest absolute Gasteiger partial charge is 0.487 e. The maximum atomic E-state index is 13.0. The molecule has 0 radical (unpaired) electrons. The molecule has 144 valence electrons. The first-order valence-electron chi connectivity index (χ1n) is 8.91. The summed E-state index contributed by atoms with van der Waals surface area (Å²) < 4.78 is 10.9. The summed E-state index contributed by atoms with van der Waals surface area (Å²) in [7, 11) is 0. The lowest BCUT2D eigenvalue weighted by molar-refractivity contribution is -0.0196. The van der Waals surface area contributed by atoms with Gasteiger partial charge in [0.2, 0.25) is 5.43 Å². The van der Waals surface area contributed by atoms with Crippen molar-refractivity contribution >= 4 is 12.0 Å². The Kier molecular flexibility index (Phi) is 6.28. The number of hydrogen-bond acceptors (Lipinski definition) is 5. The maximum Gasteiger partial charge on any atom is 0.429 e. The van der Waals surface area contributed by atoms with E-state index in [1.165, 1.54) is 22.3 Å². The van der Waals surface area contributed by atoms with Gasteiger partial charge in [0.05, 0.1) is 6.61 Å². The van der Waals surface area contributed by atoms with Crippen LogP contribution in [0.2, 0.25) is 0 Å². The maximum absolute atomic E-state index is 13.0. The number of hydrazine groups is 1. The van der Waals surface area contributed by atoms with Gasteiger partial charge in [0.15, 0.2) is 11.4 Å². The van der Waals surface area contributed by atoms with Gasteiger partial charge in [0.1, 0.15) is 5.60 Å². The second kappa shape index (κ2) is 8.25. The molecular formula is C18H27N3O5. The van der Waals surface area contributed by atoms with Gasteiger partial charge >= 0.3 is 6.09 Å². The van der Waals surface area contributed by atoms with E-state index in [9.17, 15) is 14.4 Å². The van der Waals surface area contributed by atoms with Gasteiger partial charge in [-0.25, -0.2) is 14.8 Å². The Morgan fingerprint density at radius 3 is 2.58 bits per heavy atom. The molecule has 0 saturated carbocycles. The Bertz CT molecular complexity index is 708. The molecule has 0 bridgehead atoms. The summed E-state index contributed by atoms with van der Waals surface area (Å²) in [4.78, 5) is 40.3.